The average Bonchev–Trinajstić information content (AvgIpc) is 2.16. The Morgan fingerprint density at radius 2 is 1.88 bits per heavy atom. The number of carboxylic acids is 1. The number of nitrogens with one attached hydrogen (secondary N) is 1. The normalized spacial score (nSPS) is 8.44. The number of methoxy groups -OCH3 is 1. The maximum Gasteiger partial charge on any atom is 0.300 e. The lowest BCUT2D eigenvalue weighted by atomic mass is 10.3. The minimum atomic E-state index is -0.833. The molecule has 0 aromatic heterocycles. The SMILES string of the molecule is CC(=O)O.COc1cccc(NC(C)=O)c1. The molecule has 16 heavy (non-hydrogen) atoms. The van der Waals surface area contributed by atoms with Gasteiger partial charge in [0.1, 0.15) is 5.75 Å². The molecule has 0 saturated heterocycles. The monoisotopic (exact) mass is 225 g/mol. The first kappa shape index (κ1) is 14.0. The van der Waals surface area contributed by atoms with Crippen LogP contribution in [0.25, 0.3) is 0 Å². The van der Waals surface area contributed by atoms with E-state index in [1.54, 1.807) is 13.2 Å². The van der Waals surface area contributed by atoms with Crippen LogP contribution in [0.1, 0.15) is 13.8 Å². The molecular formula is C11H15NO4. The number of aliphatic carboxylic acids is 1. The van der Waals surface area contributed by atoms with E-state index in [9.17, 15) is 4.79 Å². The third-order valence-electron chi connectivity index (χ3n) is 1.39. The Balaban J connectivity index is 0.000000487. The van der Waals surface area contributed by atoms with Gasteiger partial charge in [0, 0.05) is 25.6 Å². The van der Waals surface area contributed by atoms with Gasteiger partial charge >= 0.3 is 0 Å². The molecule has 5 heteroatoms. The lowest BCUT2D eigenvalue weighted by Crippen LogP contribution is -2.05. The van der Waals surface area contributed by atoms with Gasteiger partial charge in [-0.15, -0.1) is 0 Å². The minimum Gasteiger partial charge on any atom is -0.497 e. The van der Waals surface area contributed by atoms with E-state index in [0.29, 0.717) is 0 Å². The van der Waals surface area contributed by atoms with Crippen molar-refractivity contribution >= 4 is 17.6 Å². The second-order valence-corrected chi connectivity index (χ2v) is 2.93. The minimum absolute atomic E-state index is 0.0803. The molecule has 0 aliphatic heterocycles. The second-order valence-electron chi connectivity index (χ2n) is 2.93. The Labute approximate surface area is 94.0 Å². The first-order valence-electron chi connectivity index (χ1n) is 4.57. The zero-order valence-corrected chi connectivity index (χ0v) is 9.48. The predicted molar refractivity (Wildman–Crippen MR) is 60.6 cm³/mol. The number of carbonyl (C=O) groups excluding carboxylic acids is 1. The summed E-state index contributed by atoms with van der Waals surface area (Å²) in [6.45, 7) is 2.56. The zero-order valence-electron chi connectivity index (χ0n) is 9.48. The molecule has 0 heterocycles. The second kappa shape index (κ2) is 7.28. The van der Waals surface area contributed by atoms with E-state index >= 15 is 0 Å². The van der Waals surface area contributed by atoms with Crippen molar-refractivity contribution in [1.29, 1.82) is 0 Å². The number of benzene rings is 1. The van der Waals surface area contributed by atoms with E-state index in [1.165, 1.54) is 6.92 Å². The van der Waals surface area contributed by atoms with Gasteiger partial charge in [0.05, 0.1) is 7.11 Å². The molecule has 0 bridgehead atoms. The molecule has 0 spiro atoms. The van der Waals surface area contributed by atoms with E-state index in [4.69, 9.17) is 14.6 Å². The van der Waals surface area contributed by atoms with Gasteiger partial charge in [-0.1, -0.05) is 6.07 Å². The largest absolute Gasteiger partial charge is 0.497 e. The lowest BCUT2D eigenvalue weighted by molar-refractivity contribution is -0.134. The number of ether oxygens (including phenoxy) is 1. The van der Waals surface area contributed by atoms with E-state index in [0.717, 1.165) is 18.4 Å². The summed E-state index contributed by atoms with van der Waals surface area (Å²) in [5, 5.41) is 10.1. The highest BCUT2D eigenvalue weighted by atomic mass is 16.5. The molecule has 0 unspecified atom stereocenters. The van der Waals surface area contributed by atoms with Crippen molar-refractivity contribution in [3.8, 4) is 5.75 Å². The van der Waals surface area contributed by atoms with Crippen LogP contribution >= 0.6 is 0 Å². The van der Waals surface area contributed by atoms with Gasteiger partial charge in [-0.2, -0.15) is 0 Å². The smallest absolute Gasteiger partial charge is 0.300 e. The summed E-state index contributed by atoms with van der Waals surface area (Å²) in [5.74, 6) is -0.176. The summed E-state index contributed by atoms with van der Waals surface area (Å²) < 4.78 is 4.99. The van der Waals surface area contributed by atoms with Crippen molar-refractivity contribution in [3.05, 3.63) is 24.3 Å². The van der Waals surface area contributed by atoms with E-state index in [-0.39, 0.29) is 5.91 Å². The van der Waals surface area contributed by atoms with Gasteiger partial charge in [-0.05, 0) is 12.1 Å². The van der Waals surface area contributed by atoms with Crippen LogP contribution in [0.2, 0.25) is 0 Å². The third kappa shape index (κ3) is 7.37. The van der Waals surface area contributed by atoms with E-state index < -0.39 is 5.97 Å². The molecule has 0 aliphatic rings. The highest BCUT2D eigenvalue weighted by Gasteiger charge is 1.95. The van der Waals surface area contributed by atoms with Crippen LogP contribution in [0.4, 0.5) is 5.69 Å². The molecule has 5 nitrogen and oxygen atoms in total. The fraction of sp³-hybridized carbons (Fsp3) is 0.273. The van der Waals surface area contributed by atoms with Crippen molar-refractivity contribution in [3.63, 3.8) is 0 Å². The molecule has 1 amide bonds. The molecular weight excluding hydrogens is 210 g/mol. The summed E-state index contributed by atoms with van der Waals surface area (Å²) in [5.41, 5.74) is 0.752. The number of carboxylic acid groups (broad SMARTS) is 1. The molecule has 2 N–H and O–H groups in total. The Morgan fingerprint density at radius 1 is 1.31 bits per heavy atom. The number of carbonyl (C=O) groups is 2. The zero-order chi connectivity index (χ0) is 12.6. The summed E-state index contributed by atoms with van der Waals surface area (Å²) in [6.07, 6.45) is 0. The third-order valence-corrected chi connectivity index (χ3v) is 1.39. The van der Waals surface area contributed by atoms with Crippen molar-refractivity contribution < 1.29 is 19.4 Å². The topological polar surface area (TPSA) is 75.6 Å². The molecule has 88 valence electrons. The number of hydrogen-bond donors (Lipinski definition) is 2. The van der Waals surface area contributed by atoms with Crippen molar-refractivity contribution in [2.24, 2.45) is 0 Å². The lowest BCUT2D eigenvalue weighted by Gasteiger charge is -2.03. The molecule has 1 aromatic carbocycles. The van der Waals surface area contributed by atoms with Crippen LogP contribution in [-0.2, 0) is 9.59 Å². The Bertz CT molecular complexity index is 359. The van der Waals surface area contributed by atoms with Gasteiger partial charge in [-0.3, -0.25) is 9.59 Å². The van der Waals surface area contributed by atoms with Crippen LogP contribution in [0.5, 0.6) is 5.75 Å². The van der Waals surface area contributed by atoms with Crippen LogP contribution in [0, 0.1) is 0 Å². The first-order chi connectivity index (χ1) is 7.45. The summed E-state index contributed by atoms with van der Waals surface area (Å²) in [4.78, 5) is 19.7. The first-order valence-corrected chi connectivity index (χ1v) is 4.57. The Kier molecular flexibility index (Phi) is 6.35. The van der Waals surface area contributed by atoms with Crippen molar-refractivity contribution in [1.82, 2.24) is 0 Å². The van der Waals surface area contributed by atoms with Crippen LogP contribution in [0.15, 0.2) is 24.3 Å². The molecule has 0 saturated carbocycles. The summed E-state index contributed by atoms with van der Waals surface area (Å²) in [7, 11) is 1.59. The van der Waals surface area contributed by atoms with Crippen molar-refractivity contribution in [2.75, 3.05) is 12.4 Å². The average molecular weight is 225 g/mol. The summed E-state index contributed by atoms with van der Waals surface area (Å²) >= 11 is 0. The molecule has 0 aliphatic carbocycles. The van der Waals surface area contributed by atoms with Gasteiger partial charge in [0.2, 0.25) is 5.91 Å². The summed E-state index contributed by atoms with van der Waals surface area (Å²) in [6, 6.07) is 7.22. The van der Waals surface area contributed by atoms with Crippen LogP contribution in [-0.4, -0.2) is 24.1 Å². The maximum absolute atomic E-state index is 10.7. The number of anilines is 1. The van der Waals surface area contributed by atoms with E-state index in [1.807, 2.05) is 18.2 Å². The fourth-order valence-electron chi connectivity index (χ4n) is 0.904. The van der Waals surface area contributed by atoms with E-state index in [2.05, 4.69) is 5.32 Å². The quantitative estimate of drug-likeness (QED) is 0.803. The van der Waals surface area contributed by atoms with Crippen molar-refractivity contribution in [2.45, 2.75) is 13.8 Å². The van der Waals surface area contributed by atoms with Crippen LogP contribution in [0.3, 0.4) is 0 Å². The van der Waals surface area contributed by atoms with Gasteiger partial charge in [0.15, 0.2) is 0 Å². The number of amides is 1. The predicted octanol–water partition coefficient (Wildman–Crippen LogP) is 1.74. The Hall–Kier alpha value is -2.04. The molecule has 1 rings (SSSR count). The Morgan fingerprint density at radius 3 is 2.31 bits per heavy atom. The molecule has 1 aromatic rings. The van der Waals surface area contributed by atoms with Gasteiger partial charge in [0.25, 0.3) is 5.97 Å². The molecule has 0 radical (unpaired) electrons. The standard InChI is InChI=1S/C9H11NO2.C2H4O2/c1-7(11)10-8-4-3-5-9(6-8)12-2;1-2(3)4/h3-6H,1-2H3,(H,10,11);1H3,(H,3,4). The maximum atomic E-state index is 10.7. The molecule has 0 atom stereocenters. The molecule has 0 fully saturated rings. The van der Waals surface area contributed by atoms with Crippen LogP contribution < -0.4 is 10.1 Å². The number of rotatable bonds is 2. The highest BCUT2D eigenvalue weighted by molar-refractivity contribution is 5.88. The highest BCUT2D eigenvalue weighted by Crippen LogP contribution is 2.16. The van der Waals surface area contributed by atoms with Gasteiger partial charge in [-0.25, -0.2) is 0 Å². The number of hydrogen-bond acceptors (Lipinski definition) is 3. The fourth-order valence-corrected chi connectivity index (χ4v) is 0.904. The van der Waals surface area contributed by atoms with Gasteiger partial charge < -0.3 is 15.2 Å².